The third kappa shape index (κ3) is 5.52. The van der Waals surface area contributed by atoms with E-state index in [1.165, 1.54) is 23.6 Å². The molecule has 7 nitrogen and oxygen atoms in total. The van der Waals surface area contributed by atoms with E-state index in [1.54, 1.807) is 29.2 Å². The van der Waals surface area contributed by atoms with Gasteiger partial charge in [-0.2, -0.15) is 0 Å². The van der Waals surface area contributed by atoms with Crippen LogP contribution in [0.2, 0.25) is 0 Å². The van der Waals surface area contributed by atoms with E-state index in [9.17, 15) is 18.0 Å². The van der Waals surface area contributed by atoms with Crippen molar-refractivity contribution in [3.63, 3.8) is 0 Å². The number of hydrogen-bond acceptors (Lipinski definition) is 4. The number of carbonyl (C=O) groups excluding carboxylic acids is 2. The Morgan fingerprint density at radius 3 is 2.38 bits per heavy atom. The monoisotopic (exact) mass is 459 g/mol. The molecular formula is C24H33N3O4S. The molecule has 0 aromatic heterocycles. The number of hydrogen-bond donors (Lipinski definition) is 1. The number of rotatable bonds is 5. The molecule has 0 bridgehead atoms. The zero-order valence-electron chi connectivity index (χ0n) is 18.5. The summed E-state index contributed by atoms with van der Waals surface area (Å²) in [7, 11) is -3.19. The van der Waals surface area contributed by atoms with Gasteiger partial charge >= 0.3 is 0 Å². The molecule has 0 spiro atoms. The fraction of sp³-hybridized carbons (Fsp3) is 0.583. The van der Waals surface area contributed by atoms with E-state index in [2.05, 4.69) is 5.32 Å². The van der Waals surface area contributed by atoms with Crippen LogP contribution < -0.4 is 9.62 Å². The number of amides is 2. The summed E-state index contributed by atoms with van der Waals surface area (Å²) in [6.45, 7) is 1.65. The quantitative estimate of drug-likeness (QED) is 0.686. The SMILES string of the molecule is O=C(NC1CCCCC1)C1CCCN(C(=O)/C=C/c2ccc(N3CCCS3(=O)=O)cc2)C1. The Morgan fingerprint density at radius 2 is 1.69 bits per heavy atom. The van der Waals surface area contributed by atoms with Gasteiger partial charge in [0, 0.05) is 31.8 Å². The minimum atomic E-state index is -3.19. The number of sulfonamides is 1. The van der Waals surface area contributed by atoms with Crippen LogP contribution in [-0.4, -0.2) is 56.6 Å². The maximum atomic E-state index is 12.7. The Labute approximate surface area is 190 Å². The Hall–Kier alpha value is -2.35. The molecule has 2 aliphatic heterocycles. The summed E-state index contributed by atoms with van der Waals surface area (Å²) < 4.78 is 25.6. The molecule has 3 fully saturated rings. The highest BCUT2D eigenvalue weighted by Crippen LogP contribution is 2.25. The first kappa shape index (κ1) is 22.8. The van der Waals surface area contributed by atoms with E-state index in [4.69, 9.17) is 0 Å². The molecule has 1 aliphatic carbocycles. The number of carbonyl (C=O) groups is 2. The number of piperidine rings is 1. The van der Waals surface area contributed by atoms with Gasteiger partial charge in [0.05, 0.1) is 17.4 Å². The Balaban J connectivity index is 1.31. The third-order valence-electron chi connectivity index (χ3n) is 6.75. The molecule has 1 aromatic rings. The summed E-state index contributed by atoms with van der Waals surface area (Å²) in [5.74, 6) is 0.0560. The molecule has 4 rings (SSSR count). The lowest BCUT2D eigenvalue weighted by Crippen LogP contribution is -2.47. The highest BCUT2D eigenvalue weighted by Gasteiger charge is 2.30. The molecule has 2 saturated heterocycles. The van der Waals surface area contributed by atoms with E-state index >= 15 is 0 Å². The van der Waals surface area contributed by atoms with Crippen LogP contribution >= 0.6 is 0 Å². The maximum absolute atomic E-state index is 12.7. The van der Waals surface area contributed by atoms with Crippen LogP contribution in [0, 0.1) is 5.92 Å². The van der Waals surface area contributed by atoms with Crippen molar-refractivity contribution < 1.29 is 18.0 Å². The summed E-state index contributed by atoms with van der Waals surface area (Å²) in [5, 5.41) is 3.20. The van der Waals surface area contributed by atoms with Crippen LogP contribution in [0.5, 0.6) is 0 Å². The van der Waals surface area contributed by atoms with Crippen molar-refractivity contribution in [1.82, 2.24) is 10.2 Å². The van der Waals surface area contributed by atoms with Gasteiger partial charge in [0.15, 0.2) is 0 Å². The topological polar surface area (TPSA) is 86.8 Å². The van der Waals surface area contributed by atoms with Crippen molar-refractivity contribution in [1.29, 1.82) is 0 Å². The second-order valence-electron chi connectivity index (χ2n) is 9.13. The molecule has 1 unspecified atom stereocenters. The minimum absolute atomic E-state index is 0.0887. The second kappa shape index (κ2) is 10.1. The molecular weight excluding hydrogens is 426 g/mol. The standard InChI is InChI=1S/C24H33N3O4S/c28-23(14-11-19-9-12-22(13-10-19)27-16-5-17-32(27,30)31)26-15-4-6-20(18-26)24(29)25-21-7-2-1-3-8-21/h9-14,20-21H,1-8,15-18H2,(H,25,29)/b14-11+. The van der Waals surface area contributed by atoms with Gasteiger partial charge in [-0.25, -0.2) is 8.42 Å². The highest BCUT2D eigenvalue weighted by atomic mass is 32.2. The Bertz CT molecular complexity index is 952. The number of benzene rings is 1. The van der Waals surface area contributed by atoms with Crippen LogP contribution in [-0.2, 0) is 19.6 Å². The lowest BCUT2D eigenvalue weighted by Gasteiger charge is -2.33. The van der Waals surface area contributed by atoms with Gasteiger partial charge in [-0.3, -0.25) is 13.9 Å². The van der Waals surface area contributed by atoms with Crippen molar-refractivity contribution in [2.45, 2.75) is 57.4 Å². The molecule has 174 valence electrons. The van der Waals surface area contributed by atoms with E-state index in [0.29, 0.717) is 37.8 Å². The lowest BCUT2D eigenvalue weighted by atomic mass is 9.93. The van der Waals surface area contributed by atoms with Crippen LogP contribution in [0.1, 0.15) is 56.9 Å². The first-order valence-corrected chi connectivity index (χ1v) is 13.4. The Kier molecular flexibility index (Phi) is 7.18. The van der Waals surface area contributed by atoms with E-state index < -0.39 is 10.0 Å². The number of likely N-dealkylation sites (tertiary alicyclic amines) is 1. The predicted octanol–water partition coefficient (Wildman–Crippen LogP) is 2.93. The van der Waals surface area contributed by atoms with Crippen molar-refractivity contribution in [2.24, 2.45) is 5.92 Å². The Morgan fingerprint density at radius 1 is 0.938 bits per heavy atom. The molecule has 32 heavy (non-hydrogen) atoms. The molecule has 8 heteroatoms. The van der Waals surface area contributed by atoms with E-state index in [-0.39, 0.29) is 23.5 Å². The smallest absolute Gasteiger partial charge is 0.246 e. The highest BCUT2D eigenvalue weighted by molar-refractivity contribution is 7.93. The largest absolute Gasteiger partial charge is 0.353 e. The first-order chi connectivity index (χ1) is 15.4. The zero-order valence-corrected chi connectivity index (χ0v) is 19.4. The molecule has 3 aliphatic rings. The number of anilines is 1. The summed E-state index contributed by atoms with van der Waals surface area (Å²) in [6.07, 6.45) is 11.3. The average molecular weight is 460 g/mol. The summed E-state index contributed by atoms with van der Waals surface area (Å²) in [6, 6.07) is 7.49. The fourth-order valence-electron chi connectivity index (χ4n) is 4.91. The van der Waals surface area contributed by atoms with Gasteiger partial charge in [-0.15, -0.1) is 0 Å². The van der Waals surface area contributed by atoms with Gasteiger partial charge in [-0.1, -0.05) is 31.4 Å². The van der Waals surface area contributed by atoms with Gasteiger partial charge in [-0.05, 0) is 55.9 Å². The zero-order chi connectivity index (χ0) is 22.6. The molecule has 1 aromatic carbocycles. The van der Waals surface area contributed by atoms with Gasteiger partial charge in [0.25, 0.3) is 0 Å². The average Bonchev–Trinajstić information content (AvgIpc) is 3.17. The summed E-state index contributed by atoms with van der Waals surface area (Å²) in [5.41, 5.74) is 1.50. The fourth-order valence-corrected chi connectivity index (χ4v) is 6.48. The van der Waals surface area contributed by atoms with Gasteiger partial charge < -0.3 is 10.2 Å². The predicted molar refractivity (Wildman–Crippen MR) is 126 cm³/mol. The van der Waals surface area contributed by atoms with Crippen LogP contribution in [0.15, 0.2) is 30.3 Å². The minimum Gasteiger partial charge on any atom is -0.353 e. The van der Waals surface area contributed by atoms with Crippen molar-refractivity contribution in [3.8, 4) is 0 Å². The summed E-state index contributed by atoms with van der Waals surface area (Å²) >= 11 is 0. The molecule has 1 atom stereocenters. The molecule has 1 N–H and O–H groups in total. The van der Waals surface area contributed by atoms with E-state index in [0.717, 1.165) is 31.2 Å². The number of nitrogens with zero attached hydrogens (tertiary/aromatic N) is 2. The van der Waals surface area contributed by atoms with Crippen LogP contribution in [0.3, 0.4) is 0 Å². The normalized spacial score (nSPS) is 24.1. The van der Waals surface area contributed by atoms with Gasteiger partial charge in [0.1, 0.15) is 0 Å². The molecule has 2 amide bonds. The van der Waals surface area contributed by atoms with Crippen LogP contribution in [0.25, 0.3) is 6.08 Å². The van der Waals surface area contributed by atoms with Gasteiger partial charge in [0.2, 0.25) is 21.8 Å². The maximum Gasteiger partial charge on any atom is 0.246 e. The van der Waals surface area contributed by atoms with E-state index in [1.807, 2.05) is 12.1 Å². The second-order valence-corrected chi connectivity index (χ2v) is 11.1. The summed E-state index contributed by atoms with van der Waals surface area (Å²) in [4.78, 5) is 27.2. The molecule has 1 saturated carbocycles. The van der Waals surface area contributed by atoms with Crippen molar-refractivity contribution in [3.05, 3.63) is 35.9 Å². The molecule has 0 radical (unpaired) electrons. The lowest BCUT2D eigenvalue weighted by molar-refractivity contribution is -0.132. The number of nitrogens with one attached hydrogen (secondary N) is 1. The van der Waals surface area contributed by atoms with Crippen molar-refractivity contribution >= 4 is 33.6 Å². The third-order valence-corrected chi connectivity index (χ3v) is 8.62. The van der Waals surface area contributed by atoms with Crippen LogP contribution in [0.4, 0.5) is 5.69 Å². The molecule has 2 heterocycles. The first-order valence-electron chi connectivity index (χ1n) is 11.8. The van der Waals surface area contributed by atoms with Crippen molar-refractivity contribution in [2.75, 3.05) is 29.7 Å².